The molecule has 0 saturated carbocycles. The normalized spacial score (nSPS) is 20.6. The highest BCUT2D eigenvalue weighted by Crippen LogP contribution is 2.57. The lowest BCUT2D eigenvalue weighted by molar-refractivity contribution is 0.335. The molecule has 0 aliphatic heterocycles. The molecule has 80 valence electrons. The molecule has 0 aromatic carbocycles. The van der Waals surface area contributed by atoms with Gasteiger partial charge in [0.05, 0.1) is 6.16 Å². The van der Waals surface area contributed by atoms with Gasteiger partial charge in [-0.3, -0.25) is 9.13 Å². The van der Waals surface area contributed by atoms with E-state index in [1.54, 1.807) is 0 Å². The van der Waals surface area contributed by atoms with Gasteiger partial charge >= 0.3 is 15.2 Å². The van der Waals surface area contributed by atoms with E-state index in [9.17, 15) is 9.13 Å². The highest BCUT2D eigenvalue weighted by atomic mass is 31.3. The summed E-state index contributed by atoms with van der Waals surface area (Å²) in [6.07, 6.45) is 2.21. The van der Waals surface area contributed by atoms with Crippen LogP contribution in [-0.4, -0.2) is 22.6 Å². The summed E-state index contributed by atoms with van der Waals surface area (Å²) in [6, 6.07) is 0. The Morgan fingerprint density at radius 1 is 1.23 bits per heavy atom. The van der Waals surface area contributed by atoms with Gasteiger partial charge in [-0.2, -0.15) is 0 Å². The molecule has 13 heavy (non-hydrogen) atoms. The van der Waals surface area contributed by atoms with Gasteiger partial charge in [0.2, 0.25) is 0 Å². The number of hydrogen-bond acceptors (Lipinski definition) is 3. The predicted octanol–water partition coefficient (Wildman–Crippen LogP) is 2.19. The summed E-state index contributed by atoms with van der Waals surface area (Å²) in [7, 11) is -7.71. The van der Waals surface area contributed by atoms with Crippen molar-refractivity contribution in [2.24, 2.45) is 0 Å². The fourth-order valence-corrected chi connectivity index (χ4v) is 3.68. The summed E-state index contributed by atoms with van der Waals surface area (Å²) in [6.45, 7) is 2.86. The van der Waals surface area contributed by atoms with E-state index in [1.807, 2.05) is 6.92 Å². The van der Waals surface area contributed by atoms with Crippen LogP contribution in [0.25, 0.3) is 0 Å². The first kappa shape index (κ1) is 13.3. The molecule has 0 aromatic rings. The largest absolute Gasteiger partial charge is 0.335 e. The maximum Gasteiger partial charge on any atom is 0.335 e. The van der Waals surface area contributed by atoms with Crippen molar-refractivity contribution in [1.29, 1.82) is 0 Å². The number of hydrogen-bond donors (Lipinski definition) is 2. The minimum atomic E-state index is -3.86. The molecule has 2 unspecified atom stereocenters. The van der Waals surface area contributed by atoms with E-state index in [-0.39, 0.29) is 6.16 Å². The van der Waals surface area contributed by atoms with E-state index in [1.165, 1.54) is 0 Å². The van der Waals surface area contributed by atoms with E-state index < -0.39 is 15.2 Å². The van der Waals surface area contributed by atoms with Gasteiger partial charge in [0, 0.05) is 6.66 Å². The molecule has 2 atom stereocenters. The zero-order valence-corrected chi connectivity index (χ0v) is 9.63. The topological polar surface area (TPSA) is 83.8 Å². The summed E-state index contributed by atoms with van der Waals surface area (Å²) in [5.74, 6) is 0. The van der Waals surface area contributed by atoms with Crippen LogP contribution in [0.1, 0.15) is 26.2 Å². The first-order chi connectivity index (χ1) is 5.77. The van der Waals surface area contributed by atoms with Crippen molar-refractivity contribution in [3.63, 3.8) is 0 Å². The second kappa shape index (κ2) is 5.28. The molecule has 0 fully saturated rings. The molecule has 0 aliphatic rings. The highest BCUT2D eigenvalue weighted by molar-refractivity contribution is 7.65. The van der Waals surface area contributed by atoms with E-state index in [2.05, 4.69) is 4.31 Å². The molecule has 0 amide bonds. The molecule has 5 nitrogen and oxygen atoms in total. The maximum atomic E-state index is 11.1. The van der Waals surface area contributed by atoms with Gasteiger partial charge in [-0.25, -0.2) is 4.31 Å². The van der Waals surface area contributed by atoms with Crippen LogP contribution in [0.15, 0.2) is 0 Å². The molecule has 7 heteroatoms. The standard InChI is InChI=1S/C6H16O5P2/c1-3-4-5-6-13(9,10)11-12(2,7)8/h3-6H2,1-2H3,(H,7,8)(H,9,10). The van der Waals surface area contributed by atoms with Crippen molar-refractivity contribution < 1.29 is 23.2 Å². The molecule has 0 bridgehead atoms. The van der Waals surface area contributed by atoms with E-state index in [0.29, 0.717) is 6.42 Å². The minimum absolute atomic E-state index is 0.0563. The Morgan fingerprint density at radius 3 is 2.15 bits per heavy atom. The first-order valence-electron chi connectivity index (χ1n) is 4.10. The van der Waals surface area contributed by atoms with E-state index in [4.69, 9.17) is 9.79 Å². The van der Waals surface area contributed by atoms with E-state index in [0.717, 1.165) is 19.5 Å². The third-order valence-corrected chi connectivity index (χ3v) is 4.44. The molecule has 0 radical (unpaired) electrons. The third kappa shape index (κ3) is 8.66. The lowest BCUT2D eigenvalue weighted by Gasteiger charge is -2.13. The smallest absolute Gasteiger partial charge is 0.324 e. The summed E-state index contributed by atoms with van der Waals surface area (Å²) < 4.78 is 26.0. The quantitative estimate of drug-likeness (QED) is 0.539. The Balaban J connectivity index is 3.95. The van der Waals surface area contributed by atoms with Crippen molar-refractivity contribution in [3.05, 3.63) is 0 Å². The van der Waals surface area contributed by atoms with Crippen LogP contribution < -0.4 is 0 Å². The molecule has 0 heterocycles. The molecule has 0 spiro atoms. The minimum Gasteiger partial charge on any atom is -0.324 e. The van der Waals surface area contributed by atoms with Crippen LogP contribution >= 0.6 is 15.2 Å². The van der Waals surface area contributed by atoms with Crippen molar-refractivity contribution in [2.75, 3.05) is 12.8 Å². The molecular weight excluding hydrogens is 214 g/mol. The highest BCUT2D eigenvalue weighted by Gasteiger charge is 2.27. The van der Waals surface area contributed by atoms with Gasteiger partial charge in [0.1, 0.15) is 0 Å². The van der Waals surface area contributed by atoms with Crippen LogP contribution in [-0.2, 0) is 13.4 Å². The first-order valence-corrected chi connectivity index (χ1v) is 7.89. The van der Waals surface area contributed by atoms with Crippen LogP contribution in [0.4, 0.5) is 0 Å². The monoisotopic (exact) mass is 230 g/mol. The SMILES string of the molecule is CCCCCP(=O)(O)OP(C)(=O)O. The van der Waals surface area contributed by atoms with Crippen LogP contribution in [0, 0.1) is 0 Å². The Labute approximate surface area is 78.2 Å². The van der Waals surface area contributed by atoms with Gasteiger partial charge in [0.15, 0.2) is 0 Å². The van der Waals surface area contributed by atoms with Gasteiger partial charge in [-0.1, -0.05) is 19.8 Å². The summed E-state index contributed by atoms with van der Waals surface area (Å²) in [5.41, 5.74) is 0. The predicted molar refractivity (Wildman–Crippen MR) is 51.1 cm³/mol. The molecule has 0 rings (SSSR count). The Hall–Kier alpha value is 0.340. The second-order valence-electron chi connectivity index (χ2n) is 2.95. The zero-order valence-electron chi connectivity index (χ0n) is 7.84. The lowest BCUT2D eigenvalue weighted by Crippen LogP contribution is -1.93. The number of unbranched alkanes of at least 4 members (excludes halogenated alkanes) is 2. The van der Waals surface area contributed by atoms with Crippen molar-refractivity contribution in [1.82, 2.24) is 0 Å². The fourth-order valence-electron chi connectivity index (χ4n) is 0.839. The molecular formula is C6H16O5P2. The molecule has 0 aromatic heterocycles. The van der Waals surface area contributed by atoms with Crippen molar-refractivity contribution in [2.45, 2.75) is 26.2 Å². The summed E-state index contributed by atoms with van der Waals surface area (Å²) >= 11 is 0. The maximum absolute atomic E-state index is 11.1. The second-order valence-corrected chi connectivity index (χ2v) is 6.93. The van der Waals surface area contributed by atoms with Gasteiger partial charge in [0.25, 0.3) is 0 Å². The number of rotatable bonds is 6. The molecule has 0 aliphatic carbocycles. The fraction of sp³-hybridized carbons (Fsp3) is 1.00. The van der Waals surface area contributed by atoms with Crippen LogP contribution in [0.5, 0.6) is 0 Å². The average molecular weight is 230 g/mol. The van der Waals surface area contributed by atoms with Crippen LogP contribution in [0.3, 0.4) is 0 Å². The Morgan fingerprint density at radius 2 is 1.77 bits per heavy atom. The van der Waals surface area contributed by atoms with Crippen LogP contribution in [0.2, 0.25) is 0 Å². The average Bonchev–Trinajstić information content (AvgIpc) is 1.81. The summed E-state index contributed by atoms with van der Waals surface area (Å²) in [5, 5.41) is 0. The Bertz CT molecular complexity index is 233. The van der Waals surface area contributed by atoms with E-state index >= 15 is 0 Å². The van der Waals surface area contributed by atoms with Gasteiger partial charge in [-0.15, -0.1) is 0 Å². The Kier molecular flexibility index (Phi) is 5.42. The van der Waals surface area contributed by atoms with Crippen molar-refractivity contribution in [3.8, 4) is 0 Å². The van der Waals surface area contributed by atoms with Crippen molar-refractivity contribution >= 4 is 15.2 Å². The zero-order chi connectivity index (χ0) is 10.5. The van der Waals surface area contributed by atoms with Gasteiger partial charge < -0.3 is 9.79 Å². The van der Waals surface area contributed by atoms with Gasteiger partial charge in [-0.05, 0) is 6.42 Å². The molecule has 2 N–H and O–H groups in total. The summed E-state index contributed by atoms with van der Waals surface area (Å²) in [4.78, 5) is 17.8. The molecule has 0 saturated heterocycles. The lowest BCUT2D eigenvalue weighted by atomic mass is 10.3. The third-order valence-electron chi connectivity index (χ3n) is 1.32.